The highest BCUT2D eigenvalue weighted by molar-refractivity contribution is 8.01. The fourth-order valence-electron chi connectivity index (χ4n) is 2.44. The van der Waals surface area contributed by atoms with Gasteiger partial charge in [-0.3, -0.25) is 20.2 Å². The van der Waals surface area contributed by atoms with E-state index in [9.17, 15) is 14.9 Å². The number of anilines is 1. The van der Waals surface area contributed by atoms with Gasteiger partial charge in [0, 0.05) is 34.0 Å². The number of nitro benzene ring substituents is 1. The molecular weight excluding hydrogens is 404 g/mol. The molecule has 1 aromatic carbocycles. The van der Waals surface area contributed by atoms with Crippen molar-refractivity contribution in [3.8, 4) is 0 Å². The molecule has 138 valence electrons. The smallest absolute Gasteiger partial charge is 0.284 e. The summed E-state index contributed by atoms with van der Waals surface area (Å²) in [5.74, 6) is 0.107. The predicted octanol–water partition coefficient (Wildman–Crippen LogP) is 5.10. The second kappa shape index (κ2) is 7.37. The highest BCUT2D eigenvalue weighted by atomic mass is 32.2. The number of nitro groups is 1. The summed E-state index contributed by atoms with van der Waals surface area (Å²) in [5.41, 5.74) is 1.99. The third kappa shape index (κ3) is 4.18. The van der Waals surface area contributed by atoms with Gasteiger partial charge >= 0.3 is 0 Å². The Kier molecular flexibility index (Phi) is 4.94. The number of carbonyl (C=O) groups excluding carboxylic acids is 1. The number of carbonyl (C=O) groups is 1. The Bertz CT molecular complexity index is 1030. The molecule has 1 saturated carbocycles. The standard InChI is InChI=1S/C17H14N4O3S3/c1-9-7-26-17(18-9)27-14-5-4-11(6-13(14)21(23)24)15(22)20-16-19-12(8-25-16)10-2-3-10/h4-8,10H,2-3H2,1H3,(H,19,20,22). The number of rotatable bonds is 6. The molecule has 0 saturated heterocycles. The molecule has 0 bridgehead atoms. The van der Waals surface area contributed by atoms with Crippen molar-refractivity contribution in [2.24, 2.45) is 0 Å². The number of aromatic nitrogens is 2. The minimum atomic E-state index is -0.478. The second-order valence-corrected chi connectivity index (χ2v) is 9.11. The topological polar surface area (TPSA) is 98.0 Å². The molecule has 1 aliphatic rings. The van der Waals surface area contributed by atoms with Crippen LogP contribution in [0.1, 0.15) is 40.5 Å². The van der Waals surface area contributed by atoms with Crippen molar-refractivity contribution in [3.63, 3.8) is 0 Å². The Morgan fingerprint density at radius 2 is 2.11 bits per heavy atom. The van der Waals surface area contributed by atoms with E-state index in [2.05, 4.69) is 15.3 Å². The van der Waals surface area contributed by atoms with Crippen LogP contribution < -0.4 is 5.32 Å². The van der Waals surface area contributed by atoms with Crippen LogP contribution in [0.2, 0.25) is 0 Å². The SMILES string of the molecule is Cc1csc(Sc2ccc(C(=O)Nc3nc(C4CC4)cs3)cc2[N+](=O)[O-])n1. The van der Waals surface area contributed by atoms with Crippen molar-refractivity contribution in [2.75, 3.05) is 5.32 Å². The zero-order chi connectivity index (χ0) is 19.0. The number of aryl methyl sites for hydroxylation is 1. The largest absolute Gasteiger partial charge is 0.298 e. The Morgan fingerprint density at radius 3 is 2.78 bits per heavy atom. The summed E-state index contributed by atoms with van der Waals surface area (Å²) in [6.07, 6.45) is 2.28. The van der Waals surface area contributed by atoms with Gasteiger partial charge in [-0.05, 0) is 31.9 Å². The molecule has 0 spiro atoms. The van der Waals surface area contributed by atoms with E-state index in [1.807, 2.05) is 17.7 Å². The Balaban J connectivity index is 1.54. The minimum Gasteiger partial charge on any atom is -0.298 e. The molecule has 0 unspecified atom stereocenters. The first-order valence-electron chi connectivity index (χ1n) is 8.15. The molecule has 2 heterocycles. The van der Waals surface area contributed by atoms with Gasteiger partial charge in [0.05, 0.1) is 15.5 Å². The molecule has 27 heavy (non-hydrogen) atoms. The number of nitrogens with zero attached hydrogens (tertiary/aromatic N) is 3. The van der Waals surface area contributed by atoms with E-state index in [0.29, 0.717) is 15.9 Å². The van der Waals surface area contributed by atoms with Crippen LogP contribution in [-0.4, -0.2) is 20.8 Å². The van der Waals surface area contributed by atoms with E-state index < -0.39 is 10.8 Å². The molecule has 10 heteroatoms. The molecule has 0 radical (unpaired) electrons. The summed E-state index contributed by atoms with van der Waals surface area (Å²) in [7, 11) is 0. The molecule has 1 aliphatic carbocycles. The van der Waals surface area contributed by atoms with E-state index in [-0.39, 0.29) is 11.3 Å². The predicted molar refractivity (Wildman–Crippen MR) is 106 cm³/mol. The van der Waals surface area contributed by atoms with Gasteiger partial charge in [0.1, 0.15) is 0 Å². The lowest BCUT2D eigenvalue weighted by molar-refractivity contribution is -0.387. The fourth-order valence-corrected chi connectivity index (χ4v) is 5.11. The van der Waals surface area contributed by atoms with Crippen molar-refractivity contribution >= 4 is 51.2 Å². The molecule has 0 aliphatic heterocycles. The Morgan fingerprint density at radius 1 is 1.30 bits per heavy atom. The van der Waals surface area contributed by atoms with Crippen LogP contribution in [0.4, 0.5) is 10.8 Å². The van der Waals surface area contributed by atoms with Gasteiger partial charge in [0.2, 0.25) is 0 Å². The zero-order valence-corrected chi connectivity index (χ0v) is 16.6. The monoisotopic (exact) mass is 418 g/mol. The number of hydrogen-bond donors (Lipinski definition) is 1. The average molecular weight is 419 g/mol. The number of thiazole rings is 2. The van der Waals surface area contributed by atoms with Crippen LogP contribution in [0.5, 0.6) is 0 Å². The Labute approximate surface area is 167 Å². The van der Waals surface area contributed by atoms with Crippen LogP contribution in [0, 0.1) is 17.0 Å². The van der Waals surface area contributed by atoms with Crippen molar-refractivity contribution in [1.29, 1.82) is 0 Å². The maximum Gasteiger partial charge on any atom is 0.284 e. The van der Waals surface area contributed by atoms with Gasteiger partial charge in [0.15, 0.2) is 9.47 Å². The quantitative estimate of drug-likeness (QED) is 0.442. The lowest BCUT2D eigenvalue weighted by Crippen LogP contribution is -2.12. The average Bonchev–Trinajstić information content (AvgIpc) is 3.26. The minimum absolute atomic E-state index is 0.113. The number of benzene rings is 1. The second-order valence-electron chi connectivity index (χ2n) is 6.10. The molecule has 1 amide bonds. The van der Waals surface area contributed by atoms with Crippen molar-refractivity contribution in [2.45, 2.75) is 34.9 Å². The first-order chi connectivity index (χ1) is 13.0. The van der Waals surface area contributed by atoms with E-state index in [1.54, 1.807) is 12.1 Å². The van der Waals surface area contributed by atoms with E-state index in [1.165, 1.54) is 40.5 Å². The summed E-state index contributed by atoms with van der Waals surface area (Å²) in [5, 5.41) is 18.6. The molecule has 7 nitrogen and oxygen atoms in total. The summed E-state index contributed by atoms with van der Waals surface area (Å²) in [4.78, 5) is 32.6. The highest BCUT2D eigenvalue weighted by Crippen LogP contribution is 2.41. The van der Waals surface area contributed by atoms with Crippen molar-refractivity contribution in [1.82, 2.24) is 9.97 Å². The highest BCUT2D eigenvalue weighted by Gasteiger charge is 2.26. The molecule has 2 aromatic heterocycles. The molecule has 3 aromatic rings. The van der Waals surface area contributed by atoms with Gasteiger partial charge in [0.25, 0.3) is 11.6 Å². The zero-order valence-electron chi connectivity index (χ0n) is 14.2. The van der Waals surface area contributed by atoms with E-state index >= 15 is 0 Å². The number of amides is 1. The summed E-state index contributed by atoms with van der Waals surface area (Å²) >= 11 is 4.03. The van der Waals surface area contributed by atoms with Crippen LogP contribution in [0.25, 0.3) is 0 Å². The van der Waals surface area contributed by atoms with Gasteiger partial charge in [-0.15, -0.1) is 22.7 Å². The Hall–Kier alpha value is -2.30. The maximum absolute atomic E-state index is 12.5. The molecule has 0 atom stereocenters. The summed E-state index contributed by atoms with van der Waals surface area (Å²) in [6.45, 7) is 1.87. The number of nitrogens with one attached hydrogen (secondary N) is 1. The van der Waals surface area contributed by atoms with Gasteiger partial charge in [-0.2, -0.15) is 0 Å². The first-order valence-corrected chi connectivity index (χ1v) is 10.7. The molecule has 1 fully saturated rings. The molecule has 1 N–H and O–H groups in total. The van der Waals surface area contributed by atoms with Crippen LogP contribution in [-0.2, 0) is 0 Å². The third-order valence-electron chi connectivity index (χ3n) is 3.95. The maximum atomic E-state index is 12.5. The van der Waals surface area contributed by atoms with Crippen molar-refractivity contribution in [3.05, 3.63) is 56.0 Å². The van der Waals surface area contributed by atoms with Crippen LogP contribution in [0.15, 0.2) is 38.2 Å². The molecular formula is C17H14N4O3S3. The van der Waals surface area contributed by atoms with Gasteiger partial charge in [-0.25, -0.2) is 9.97 Å². The summed E-state index contributed by atoms with van der Waals surface area (Å²) < 4.78 is 0.725. The van der Waals surface area contributed by atoms with E-state index in [0.717, 1.165) is 28.6 Å². The fraction of sp³-hybridized carbons (Fsp3) is 0.235. The molecule has 4 rings (SSSR count). The number of hydrogen-bond acceptors (Lipinski definition) is 8. The third-order valence-corrected chi connectivity index (χ3v) is 6.85. The van der Waals surface area contributed by atoms with Gasteiger partial charge in [-0.1, -0.05) is 11.8 Å². The lowest BCUT2D eigenvalue weighted by atomic mass is 10.2. The van der Waals surface area contributed by atoms with Gasteiger partial charge < -0.3 is 0 Å². The van der Waals surface area contributed by atoms with Crippen molar-refractivity contribution < 1.29 is 9.72 Å². The summed E-state index contributed by atoms with van der Waals surface area (Å²) in [6, 6.07) is 4.47. The van der Waals surface area contributed by atoms with E-state index in [4.69, 9.17) is 0 Å². The first kappa shape index (κ1) is 18.1. The normalized spacial score (nSPS) is 13.5. The van der Waals surface area contributed by atoms with Crippen LogP contribution >= 0.6 is 34.4 Å². The lowest BCUT2D eigenvalue weighted by Gasteiger charge is -2.05. The van der Waals surface area contributed by atoms with Crippen LogP contribution in [0.3, 0.4) is 0 Å².